The Balaban J connectivity index is 1.74. The molecule has 0 fully saturated rings. The van der Waals surface area contributed by atoms with Gasteiger partial charge < -0.3 is 9.84 Å². The van der Waals surface area contributed by atoms with Crippen molar-refractivity contribution >= 4 is 11.9 Å². The molecule has 0 heterocycles. The van der Waals surface area contributed by atoms with Crippen LogP contribution >= 0.6 is 0 Å². The number of fused-ring (bicyclic) bond motifs is 3. The number of carboxylic acid groups (broad SMARTS) is 1. The first kappa shape index (κ1) is 18.2. The smallest absolute Gasteiger partial charge is 0.307 e. The highest BCUT2D eigenvalue weighted by Crippen LogP contribution is 2.44. The Morgan fingerprint density at radius 1 is 1.00 bits per heavy atom. The van der Waals surface area contributed by atoms with Crippen LogP contribution in [-0.2, 0) is 14.3 Å². The number of aliphatic carboxylic acids is 1. The van der Waals surface area contributed by atoms with E-state index >= 15 is 0 Å². The number of hydrogen-bond acceptors (Lipinski definition) is 3. The summed E-state index contributed by atoms with van der Waals surface area (Å²) < 4.78 is 5.51. The molecule has 4 heteroatoms. The van der Waals surface area contributed by atoms with Gasteiger partial charge in [0, 0.05) is 5.92 Å². The third-order valence-electron chi connectivity index (χ3n) is 5.09. The second-order valence-electron chi connectivity index (χ2n) is 7.87. The van der Waals surface area contributed by atoms with Gasteiger partial charge in [0.15, 0.2) is 0 Å². The average molecular weight is 352 g/mol. The summed E-state index contributed by atoms with van der Waals surface area (Å²) >= 11 is 0. The number of hydrogen-bond donors (Lipinski definition) is 1. The van der Waals surface area contributed by atoms with Gasteiger partial charge in [-0.1, -0.05) is 69.3 Å². The van der Waals surface area contributed by atoms with Crippen LogP contribution in [0, 0.1) is 11.3 Å². The van der Waals surface area contributed by atoms with Crippen LogP contribution in [0.3, 0.4) is 0 Å². The zero-order valence-corrected chi connectivity index (χ0v) is 15.4. The van der Waals surface area contributed by atoms with Crippen LogP contribution in [0.1, 0.15) is 44.2 Å². The molecule has 26 heavy (non-hydrogen) atoms. The minimum Gasteiger partial charge on any atom is -0.481 e. The van der Waals surface area contributed by atoms with Gasteiger partial charge in [-0.05, 0) is 27.7 Å². The Labute approximate surface area is 153 Å². The quantitative estimate of drug-likeness (QED) is 0.806. The normalized spacial score (nSPS) is 14.4. The lowest BCUT2D eigenvalue weighted by atomic mass is 9.79. The molecule has 1 N–H and O–H groups in total. The van der Waals surface area contributed by atoms with E-state index < -0.39 is 23.3 Å². The van der Waals surface area contributed by atoms with Crippen molar-refractivity contribution in [3.8, 4) is 11.1 Å². The lowest BCUT2D eigenvalue weighted by Gasteiger charge is -2.26. The molecule has 1 aliphatic rings. The molecule has 0 radical (unpaired) electrons. The van der Waals surface area contributed by atoms with E-state index in [0.717, 1.165) is 11.1 Å². The van der Waals surface area contributed by atoms with Crippen LogP contribution in [0.2, 0.25) is 0 Å². The Morgan fingerprint density at radius 3 is 1.96 bits per heavy atom. The maximum absolute atomic E-state index is 12.3. The fraction of sp³-hybridized carbons (Fsp3) is 0.364. The van der Waals surface area contributed by atoms with Crippen molar-refractivity contribution in [3.05, 3.63) is 59.7 Å². The fourth-order valence-electron chi connectivity index (χ4n) is 3.61. The second-order valence-corrected chi connectivity index (χ2v) is 7.87. The van der Waals surface area contributed by atoms with Gasteiger partial charge in [0.2, 0.25) is 0 Å². The molecule has 1 aliphatic carbocycles. The minimum atomic E-state index is -0.967. The summed E-state index contributed by atoms with van der Waals surface area (Å²) in [7, 11) is 0. The molecule has 0 saturated heterocycles. The van der Waals surface area contributed by atoms with E-state index in [9.17, 15) is 14.7 Å². The summed E-state index contributed by atoms with van der Waals surface area (Å²) in [6.45, 7) is 5.69. The first-order valence-corrected chi connectivity index (χ1v) is 8.85. The standard InChI is InChI=1S/C22H24O4/c1-22(2,3)19(21(24)25)12-20(23)26-13-18-16-10-6-4-8-14(16)15-9-5-7-11-17(15)18/h4-11,18-19H,12-13H2,1-3H3,(H,24,25)/t19-/m1/s1. The molecule has 0 spiro atoms. The molecule has 136 valence electrons. The van der Waals surface area contributed by atoms with Gasteiger partial charge in [-0.15, -0.1) is 0 Å². The number of benzene rings is 2. The minimum absolute atomic E-state index is 0.00994. The summed E-state index contributed by atoms with van der Waals surface area (Å²) in [6, 6.07) is 16.3. The number of carbonyl (C=O) groups excluding carboxylic acids is 1. The maximum Gasteiger partial charge on any atom is 0.307 e. The molecule has 2 aromatic carbocycles. The number of carboxylic acids is 1. The average Bonchev–Trinajstić information content (AvgIpc) is 2.91. The highest BCUT2D eigenvalue weighted by molar-refractivity contribution is 5.80. The van der Waals surface area contributed by atoms with Crippen molar-refractivity contribution in [3.63, 3.8) is 0 Å². The van der Waals surface area contributed by atoms with Crippen LogP contribution in [0.4, 0.5) is 0 Å². The summed E-state index contributed by atoms with van der Waals surface area (Å²) in [4.78, 5) is 23.8. The lowest BCUT2D eigenvalue weighted by Crippen LogP contribution is -2.31. The van der Waals surface area contributed by atoms with Crippen molar-refractivity contribution in [2.24, 2.45) is 11.3 Å². The van der Waals surface area contributed by atoms with Crippen molar-refractivity contribution in [2.75, 3.05) is 6.61 Å². The molecule has 0 saturated carbocycles. The molecule has 4 nitrogen and oxygen atoms in total. The lowest BCUT2D eigenvalue weighted by molar-refractivity contribution is -0.155. The van der Waals surface area contributed by atoms with E-state index in [-0.39, 0.29) is 18.9 Å². The highest BCUT2D eigenvalue weighted by Gasteiger charge is 2.34. The van der Waals surface area contributed by atoms with Crippen LogP contribution in [0.5, 0.6) is 0 Å². The fourth-order valence-corrected chi connectivity index (χ4v) is 3.61. The zero-order valence-electron chi connectivity index (χ0n) is 15.4. The Morgan fingerprint density at radius 2 is 1.50 bits per heavy atom. The topological polar surface area (TPSA) is 63.6 Å². The van der Waals surface area contributed by atoms with E-state index in [2.05, 4.69) is 24.3 Å². The molecule has 0 amide bonds. The van der Waals surface area contributed by atoms with Gasteiger partial charge in [0.05, 0.1) is 12.3 Å². The van der Waals surface area contributed by atoms with Crippen LogP contribution in [-0.4, -0.2) is 23.7 Å². The number of carbonyl (C=O) groups is 2. The van der Waals surface area contributed by atoms with Gasteiger partial charge in [0.25, 0.3) is 0 Å². The first-order chi connectivity index (χ1) is 12.3. The molecule has 1 atom stereocenters. The van der Waals surface area contributed by atoms with Crippen LogP contribution in [0.15, 0.2) is 48.5 Å². The van der Waals surface area contributed by atoms with Gasteiger partial charge in [-0.3, -0.25) is 9.59 Å². The molecule has 0 aromatic heterocycles. The summed E-state index contributed by atoms with van der Waals surface area (Å²) in [6.07, 6.45) is -0.116. The third kappa shape index (κ3) is 3.50. The summed E-state index contributed by atoms with van der Waals surface area (Å²) in [5, 5.41) is 9.39. The van der Waals surface area contributed by atoms with E-state index in [4.69, 9.17) is 4.74 Å². The van der Waals surface area contributed by atoms with Crippen molar-refractivity contribution in [1.29, 1.82) is 0 Å². The zero-order chi connectivity index (χ0) is 18.9. The van der Waals surface area contributed by atoms with Crippen molar-refractivity contribution in [1.82, 2.24) is 0 Å². The summed E-state index contributed by atoms with van der Waals surface area (Å²) in [5.41, 5.74) is 4.13. The Bertz CT molecular complexity index is 787. The van der Waals surface area contributed by atoms with Crippen molar-refractivity contribution in [2.45, 2.75) is 33.1 Å². The van der Waals surface area contributed by atoms with E-state index in [1.165, 1.54) is 11.1 Å². The largest absolute Gasteiger partial charge is 0.481 e. The number of rotatable bonds is 5. The molecule has 0 unspecified atom stereocenters. The predicted molar refractivity (Wildman–Crippen MR) is 99.9 cm³/mol. The molecule has 0 bridgehead atoms. The maximum atomic E-state index is 12.3. The first-order valence-electron chi connectivity index (χ1n) is 8.85. The molecule has 3 rings (SSSR count). The highest BCUT2D eigenvalue weighted by atomic mass is 16.5. The van der Waals surface area contributed by atoms with E-state index in [1.807, 2.05) is 45.0 Å². The van der Waals surface area contributed by atoms with Crippen LogP contribution in [0.25, 0.3) is 11.1 Å². The van der Waals surface area contributed by atoms with Crippen molar-refractivity contribution < 1.29 is 19.4 Å². The van der Waals surface area contributed by atoms with Crippen LogP contribution < -0.4 is 0 Å². The van der Waals surface area contributed by atoms with Gasteiger partial charge in [-0.2, -0.15) is 0 Å². The third-order valence-corrected chi connectivity index (χ3v) is 5.09. The Hall–Kier alpha value is -2.62. The van der Waals surface area contributed by atoms with E-state index in [0.29, 0.717) is 0 Å². The SMILES string of the molecule is CC(C)(C)[C@H](CC(=O)OCC1c2ccccc2-c2ccccc21)C(=O)O. The Kier molecular flexibility index (Phi) is 4.86. The molecular formula is C22H24O4. The van der Waals surface area contributed by atoms with Gasteiger partial charge in [0.1, 0.15) is 6.61 Å². The molecular weight excluding hydrogens is 328 g/mol. The van der Waals surface area contributed by atoms with Gasteiger partial charge in [-0.25, -0.2) is 0 Å². The number of esters is 1. The second kappa shape index (κ2) is 6.94. The molecule has 2 aromatic rings. The molecule has 0 aliphatic heterocycles. The monoisotopic (exact) mass is 352 g/mol. The number of ether oxygens (including phenoxy) is 1. The predicted octanol–water partition coefficient (Wildman–Crippen LogP) is 4.48. The van der Waals surface area contributed by atoms with E-state index in [1.54, 1.807) is 0 Å². The van der Waals surface area contributed by atoms with Gasteiger partial charge >= 0.3 is 11.9 Å². The summed E-state index contributed by atoms with van der Waals surface area (Å²) in [5.74, 6) is -2.21.